The number of fused-ring (bicyclic) bond motifs is 1. The molecule has 6 nitrogen and oxygen atoms in total. The number of amides is 3. The number of nitrogens with zero attached hydrogens (tertiary/aromatic N) is 3. The van der Waals surface area contributed by atoms with Gasteiger partial charge in [-0.25, -0.2) is 0 Å². The fraction of sp³-hybridized carbons (Fsp3) is 0.176. The van der Waals surface area contributed by atoms with Gasteiger partial charge in [0.2, 0.25) is 5.91 Å². The van der Waals surface area contributed by atoms with Crippen molar-refractivity contribution in [1.82, 2.24) is 14.8 Å². The van der Waals surface area contributed by atoms with Crippen molar-refractivity contribution in [2.75, 3.05) is 13.6 Å². The summed E-state index contributed by atoms with van der Waals surface area (Å²) in [5.74, 6) is -1.30. The van der Waals surface area contributed by atoms with Crippen LogP contribution in [0.4, 0.5) is 0 Å². The van der Waals surface area contributed by atoms with Crippen LogP contribution in [0.25, 0.3) is 0 Å². The van der Waals surface area contributed by atoms with Crippen LogP contribution in [0.5, 0.6) is 0 Å². The molecule has 116 valence electrons. The first kappa shape index (κ1) is 14.9. The van der Waals surface area contributed by atoms with Gasteiger partial charge in [-0.3, -0.25) is 24.3 Å². The summed E-state index contributed by atoms with van der Waals surface area (Å²) in [7, 11) is 1.64. The molecule has 2 aromatic rings. The molecule has 23 heavy (non-hydrogen) atoms. The molecule has 0 saturated heterocycles. The largest absolute Gasteiger partial charge is 0.340 e. The van der Waals surface area contributed by atoms with Crippen LogP contribution in [0.2, 0.25) is 0 Å². The molecule has 0 fully saturated rings. The van der Waals surface area contributed by atoms with Crippen molar-refractivity contribution >= 4 is 17.7 Å². The second kappa shape index (κ2) is 6.00. The lowest BCUT2D eigenvalue weighted by Gasteiger charge is -2.20. The van der Waals surface area contributed by atoms with Crippen molar-refractivity contribution in [3.8, 4) is 0 Å². The SMILES string of the molecule is CN(Cc1ccccc1)C(=O)CN1C(=O)c2cccnc2C1=O. The van der Waals surface area contributed by atoms with Crippen LogP contribution in [0, 0.1) is 0 Å². The summed E-state index contributed by atoms with van der Waals surface area (Å²) in [5, 5.41) is 0. The second-order valence-electron chi connectivity index (χ2n) is 5.33. The first-order chi connectivity index (χ1) is 11.1. The Bertz CT molecular complexity index is 739. The molecule has 0 unspecified atom stereocenters. The predicted molar refractivity (Wildman–Crippen MR) is 82.5 cm³/mol. The third-order valence-electron chi connectivity index (χ3n) is 3.71. The minimum atomic E-state index is -0.521. The first-order valence-corrected chi connectivity index (χ1v) is 7.17. The van der Waals surface area contributed by atoms with E-state index in [1.54, 1.807) is 19.2 Å². The van der Waals surface area contributed by atoms with Gasteiger partial charge in [-0.1, -0.05) is 30.3 Å². The monoisotopic (exact) mass is 309 g/mol. The number of pyridine rings is 1. The van der Waals surface area contributed by atoms with Gasteiger partial charge in [-0.15, -0.1) is 0 Å². The average molecular weight is 309 g/mol. The lowest BCUT2D eigenvalue weighted by atomic mass is 10.2. The van der Waals surface area contributed by atoms with E-state index >= 15 is 0 Å². The Morgan fingerprint density at radius 2 is 1.83 bits per heavy atom. The molecule has 2 heterocycles. The van der Waals surface area contributed by atoms with E-state index in [2.05, 4.69) is 4.98 Å². The van der Waals surface area contributed by atoms with Gasteiger partial charge in [0, 0.05) is 19.8 Å². The summed E-state index contributed by atoms with van der Waals surface area (Å²) in [5.41, 5.74) is 1.33. The highest BCUT2D eigenvalue weighted by Gasteiger charge is 2.38. The van der Waals surface area contributed by atoms with Gasteiger partial charge in [0.05, 0.1) is 5.56 Å². The molecule has 0 saturated carbocycles. The number of hydrogen-bond acceptors (Lipinski definition) is 4. The van der Waals surface area contributed by atoms with Gasteiger partial charge in [0.1, 0.15) is 12.2 Å². The number of likely N-dealkylation sites (N-methyl/N-ethyl adjacent to an activating group) is 1. The minimum Gasteiger partial charge on any atom is -0.340 e. The molecule has 0 aliphatic carbocycles. The molecule has 0 bridgehead atoms. The zero-order valence-corrected chi connectivity index (χ0v) is 12.6. The third-order valence-corrected chi connectivity index (χ3v) is 3.71. The molecular weight excluding hydrogens is 294 g/mol. The molecule has 1 aliphatic rings. The zero-order valence-electron chi connectivity index (χ0n) is 12.6. The molecule has 0 atom stereocenters. The van der Waals surface area contributed by atoms with E-state index in [1.807, 2.05) is 30.3 Å². The Labute approximate surface area is 133 Å². The van der Waals surface area contributed by atoms with Gasteiger partial charge >= 0.3 is 0 Å². The van der Waals surface area contributed by atoms with Crippen molar-refractivity contribution < 1.29 is 14.4 Å². The average Bonchev–Trinajstić information content (AvgIpc) is 2.81. The molecule has 1 aromatic heterocycles. The van der Waals surface area contributed by atoms with E-state index in [0.29, 0.717) is 6.54 Å². The topological polar surface area (TPSA) is 70.6 Å². The maximum absolute atomic E-state index is 12.3. The van der Waals surface area contributed by atoms with Crippen LogP contribution in [-0.4, -0.2) is 46.1 Å². The highest BCUT2D eigenvalue weighted by atomic mass is 16.2. The van der Waals surface area contributed by atoms with Crippen LogP contribution in [0.15, 0.2) is 48.7 Å². The molecule has 6 heteroatoms. The molecule has 1 aliphatic heterocycles. The van der Waals surface area contributed by atoms with Crippen molar-refractivity contribution in [3.63, 3.8) is 0 Å². The van der Waals surface area contributed by atoms with Crippen LogP contribution in [0.1, 0.15) is 26.4 Å². The maximum atomic E-state index is 12.3. The Morgan fingerprint density at radius 1 is 1.09 bits per heavy atom. The van der Waals surface area contributed by atoms with Crippen molar-refractivity contribution in [2.24, 2.45) is 0 Å². The number of carbonyl (C=O) groups excluding carboxylic acids is 3. The number of hydrogen-bond donors (Lipinski definition) is 0. The van der Waals surface area contributed by atoms with Gasteiger partial charge in [0.15, 0.2) is 0 Å². The smallest absolute Gasteiger partial charge is 0.280 e. The number of rotatable bonds is 4. The molecular formula is C17H15N3O3. The Kier molecular flexibility index (Phi) is 3.89. The summed E-state index contributed by atoms with van der Waals surface area (Å²) in [6, 6.07) is 12.6. The normalized spacial score (nSPS) is 13.2. The maximum Gasteiger partial charge on any atom is 0.280 e. The lowest BCUT2D eigenvalue weighted by molar-refractivity contribution is -0.130. The molecule has 0 N–H and O–H groups in total. The number of imide groups is 1. The quantitative estimate of drug-likeness (QED) is 0.799. The third kappa shape index (κ3) is 2.83. The van der Waals surface area contributed by atoms with Crippen molar-refractivity contribution in [1.29, 1.82) is 0 Å². The molecule has 3 amide bonds. The van der Waals surface area contributed by atoms with Gasteiger partial charge in [0.25, 0.3) is 11.8 Å². The van der Waals surface area contributed by atoms with E-state index in [-0.39, 0.29) is 23.7 Å². The highest BCUT2D eigenvalue weighted by molar-refractivity contribution is 6.21. The number of aromatic nitrogens is 1. The van der Waals surface area contributed by atoms with Crippen molar-refractivity contribution in [3.05, 3.63) is 65.5 Å². The van der Waals surface area contributed by atoms with Crippen LogP contribution in [-0.2, 0) is 11.3 Å². The lowest BCUT2D eigenvalue weighted by Crippen LogP contribution is -2.41. The summed E-state index contributed by atoms with van der Waals surface area (Å²) >= 11 is 0. The molecule has 3 rings (SSSR count). The van der Waals surface area contributed by atoms with Gasteiger partial charge in [-0.2, -0.15) is 0 Å². The molecule has 1 aromatic carbocycles. The van der Waals surface area contributed by atoms with Gasteiger partial charge in [-0.05, 0) is 17.7 Å². The van der Waals surface area contributed by atoms with Crippen LogP contribution in [0.3, 0.4) is 0 Å². The summed E-state index contributed by atoms with van der Waals surface area (Å²) in [4.78, 5) is 43.1. The molecule has 0 spiro atoms. The Balaban J connectivity index is 1.69. The van der Waals surface area contributed by atoms with E-state index < -0.39 is 11.8 Å². The second-order valence-corrected chi connectivity index (χ2v) is 5.33. The van der Waals surface area contributed by atoms with E-state index in [1.165, 1.54) is 11.1 Å². The first-order valence-electron chi connectivity index (χ1n) is 7.17. The van der Waals surface area contributed by atoms with E-state index in [9.17, 15) is 14.4 Å². The van der Waals surface area contributed by atoms with E-state index in [0.717, 1.165) is 10.5 Å². The van der Waals surface area contributed by atoms with Crippen LogP contribution >= 0.6 is 0 Å². The summed E-state index contributed by atoms with van der Waals surface area (Å²) in [6.45, 7) is 0.137. The zero-order chi connectivity index (χ0) is 16.4. The Morgan fingerprint density at radius 3 is 2.52 bits per heavy atom. The predicted octanol–water partition coefficient (Wildman–Crippen LogP) is 1.34. The van der Waals surface area contributed by atoms with Crippen molar-refractivity contribution in [2.45, 2.75) is 6.54 Å². The van der Waals surface area contributed by atoms with Gasteiger partial charge < -0.3 is 4.90 Å². The fourth-order valence-corrected chi connectivity index (χ4v) is 2.46. The number of carbonyl (C=O) groups is 3. The standard InChI is InChI=1S/C17H15N3O3/c1-19(10-12-6-3-2-4-7-12)14(21)11-20-16(22)13-8-5-9-18-15(13)17(20)23/h2-9H,10-11H2,1H3. The fourth-order valence-electron chi connectivity index (χ4n) is 2.46. The Hall–Kier alpha value is -3.02. The summed E-state index contributed by atoms with van der Waals surface area (Å²) in [6.07, 6.45) is 1.46. The minimum absolute atomic E-state index is 0.107. The highest BCUT2D eigenvalue weighted by Crippen LogP contribution is 2.20. The molecule has 0 radical (unpaired) electrons. The number of benzene rings is 1. The van der Waals surface area contributed by atoms with Crippen LogP contribution < -0.4 is 0 Å². The van der Waals surface area contributed by atoms with E-state index in [4.69, 9.17) is 0 Å². The summed E-state index contributed by atoms with van der Waals surface area (Å²) < 4.78 is 0.